The van der Waals surface area contributed by atoms with Gasteiger partial charge in [0.05, 0.1) is 145 Å². The van der Waals surface area contributed by atoms with Crippen LogP contribution in [0.2, 0.25) is 0 Å². The first kappa shape index (κ1) is 37.7. The summed E-state index contributed by atoms with van der Waals surface area (Å²) >= 11 is 0. The molecular weight excluding hydrogens is 531 g/mol. The highest BCUT2D eigenvalue weighted by Gasteiger charge is 2.11. The molecule has 0 aromatic carbocycles. The first-order valence-corrected chi connectivity index (χ1v) is 14.7. The lowest BCUT2D eigenvalue weighted by atomic mass is 10.6. The maximum absolute atomic E-state index is 10.6. The SMILES string of the molecule is COCCOCCOCCOCCOCCOCCOCCOCCOCCOCCOCCP(=O)(O)O. The predicted octanol–water partition coefficient (Wildman–Crippen LogP) is -0.0235. The highest BCUT2D eigenvalue weighted by Crippen LogP contribution is 2.33. The van der Waals surface area contributed by atoms with Crippen LogP contribution in [-0.2, 0) is 56.7 Å². The predicted molar refractivity (Wildman–Crippen MR) is 137 cm³/mol. The van der Waals surface area contributed by atoms with Crippen molar-refractivity contribution in [1.82, 2.24) is 0 Å². The Kier molecular flexibility index (Phi) is 31.0. The van der Waals surface area contributed by atoms with Gasteiger partial charge in [0.2, 0.25) is 0 Å². The van der Waals surface area contributed by atoms with Crippen molar-refractivity contribution in [3.63, 3.8) is 0 Å². The quantitative estimate of drug-likeness (QED) is 0.0787. The Morgan fingerprint density at radius 3 is 0.737 bits per heavy atom. The van der Waals surface area contributed by atoms with Crippen LogP contribution in [-0.4, -0.2) is 162 Å². The molecule has 0 saturated carbocycles. The van der Waals surface area contributed by atoms with E-state index in [1.165, 1.54) is 0 Å². The molecule has 0 spiro atoms. The second kappa shape index (κ2) is 31.2. The Morgan fingerprint density at radius 1 is 0.368 bits per heavy atom. The Bertz CT molecular complexity index is 497. The van der Waals surface area contributed by atoms with Gasteiger partial charge in [0.25, 0.3) is 0 Å². The Hall–Kier alpha value is -0.290. The molecule has 0 aromatic heterocycles. The summed E-state index contributed by atoms with van der Waals surface area (Å²) in [5, 5.41) is 0. The van der Waals surface area contributed by atoms with Crippen LogP contribution in [0.3, 0.4) is 0 Å². The summed E-state index contributed by atoms with van der Waals surface area (Å²) in [7, 11) is -2.36. The summed E-state index contributed by atoms with van der Waals surface area (Å²) < 4.78 is 69.0. The molecule has 15 heteroatoms. The maximum Gasteiger partial charge on any atom is 0.327 e. The molecule has 0 bridgehead atoms. The highest BCUT2D eigenvalue weighted by atomic mass is 31.2. The van der Waals surface area contributed by atoms with Crippen LogP contribution in [0.4, 0.5) is 0 Å². The monoisotopic (exact) mass is 580 g/mol. The van der Waals surface area contributed by atoms with E-state index in [0.717, 1.165) is 0 Å². The molecule has 230 valence electrons. The molecular formula is C23H49O14P. The fourth-order valence-electron chi connectivity index (χ4n) is 2.41. The topological polar surface area (TPSA) is 159 Å². The summed E-state index contributed by atoms with van der Waals surface area (Å²) in [5.41, 5.74) is 0. The number of methoxy groups -OCH3 is 1. The lowest BCUT2D eigenvalue weighted by molar-refractivity contribution is -0.0269. The molecule has 0 radical (unpaired) electrons. The van der Waals surface area contributed by atoms with Crippen molar-refractivity contribution in [3.05, 3.63) is 0 Å². The summed E-state index contributed by atoms with van der Waals surface area (Å²) in [6, 6.07) is 0. The molecule has 0 aliphatic rings. The van der Waals surface area contributed by atoms with Crippen molar-refractivity contribution in [3.8, 4) is 0 Å². The smallest absolute Gasteiger partial charge is 0.327 e. The summed E-state index contributed by atoms with van der Waals surface area (Å²) in [6.45, 7) is 9.63. The number of rotatable bonds is 33. The van der Waals surface area contributed by atoms with E-state index in [1.807, 2.05) is 0 Å². The Balaban J connectivity index is 3.04. The van der Waals surface area contributed by atoms with Crippen molar-refractivity contribution in [2.75, 3.05) is 152 Å². The van der Waals surface area contributed by atoms with E-state index in [-0.39, 0.29) is 19.4 Å². The van der Waals surface area contributed by atoms with Gasteiger partial charge < -0.3 is 61.9 Å². The molecule has 0 saturated heterocycles. The van der Waals surface area contributed by atoms with Crippen molar-refractivity contribution in [2.45, 2.75) is 0 Å². The van der Waals surface area contributed by atoms with Gasteiger partial charge in [-0.1, -0.05) is 0 Å². The zero-order valence-corrected chi connectivity index (χ0v) is 23.7. The van der Waals surface area contributed by atoms with Crippen LogP contribution >= 0.6 is 7.60 Å². The molecule has 14 nitrogen and oxygen atoms in total. The van der Waals surface area contributed by atoms with Crippen LogP contribution in [0.25, 0.3) is 0 Å². The van der Waals surface area contributed by atoms with Gasteiger partial charge in [0, 0.05) is 7.11 Å². The van der Waals surface area contributed by atoms with Crippen LogP contribution < -0.4 is 0 Å². The standard InChI is InChI=1S/C23H49O14P/c1-27-2-3-28-4-5-29-6-7-30-8-9-31-10-11-32-12-13-33-14-15-34-16-17-35-18-19-36-20-21-37-22-23-38(24,25)26/h2-23H2,1H3,(H2,24,25,26). The van der Waals surface area contributed by atoms with E-state index >= 15 is 0 Å². The molecule has 0 aliphatic heterocycles. The third-order valence-electron chi connectivity index (χ3n) is 4.31. The molecule has 0 heterocycles. The van der Waals surface area contributed by atoms with Crippen LogP contribution in [0.5, 0.6) is 0 Å². The Labute approximate surface area is 226 Å². The molecule has 0 aromatic rings. The third-order valence-corrected chi connectivity index (χ3v) is 5.07. The minimum absolute atomic E-state index is 0.00948. The zero-order valence-electron chi connectivity index (χ0n) is 22.8. The largest absolute Gasteiger partial charge is 0.382 e. The molecule has 2 N–H and O–H groups in total. The van der Waals surface area contributed by atoms with Gasteiger partial charge in [0.1, 0.15) is 0 Å². The number of hydrogen-bond donors (Lipinski definition) is 2. The van der Waals surface area contributed by atoms with E-state index in [9.17, 15) is 4.57 Å². The minimum atomic E-state index is -3.99. The van der Waals surface area contributed by atoms with E-state index in [2.05, 4.69) is 0 Å². The molecule has 38 heavy (non-hydrogen) atoms. The van der Waals surface area contributed by atoms with Crippen molar-refractivity contribution >= 4 is 7.60 Å². The first-order valence-electron chi connectivity index (χ1n) is 12.9. The van der Waals surface area contributed by atoms with Gasteiger partial charge in [-0.25, -0.2) is 0 Å². The average Bonchev–Trinajstić information content (AvgIpc) is 2.88. The van der Waals surface area contributed by atoms with Gasteiger partial charge in [-0.3, -0.25) is 4.57 Å². The lowest BCUT2D eigenvalue weighted by Gasteiger charge is -2.09. The van der Waals surface area contributed by atoms with E-state index in [4.69, 9.17) is 61.9 Å². The average molecular weight is 581 g/mol. The Morgan fingerprint density at radius 2 is 0.553 bits per heavy atom. The minimum Gasteiger partial charge on any atom is -0.382 e. The molecule has 0 rings (SSSR count). The van der Waals surface area contributed by atoms with E-state index in [0.29, 0.717) is 126 Å². The van der Waals surface area contributed by atoms with Gasteiger partial charge in [-0.15, -0.1) is 0 Å². The molecule has 0 unspecified atom stereocenters. The van der Waals surface area contributed by atoms with E-state index in [1.54, 1.807) is 7.11 Å². The van der Waals surface area contributed by atoms with Crippen molar-refractivity contribution < 1.29 is 66.5 Å². The van der Waals surface area contributed by atoms with Crippen LogP contribution in [0.1, 0.15) is 0 Å². The molecule has 0 amide bonds. The van der Waals surface area contributed by atoms with Crippen LogP contribution in [0.15, 0.2) is 0 Å². The zero-order chi connectivity index (χ0) is 27.8. The second-order valence-corrected chi connectivity index (χ2v) is 9.28. The van der Waals surface area contributed by atoms with Gasteiger partial charge in [-0.2, -0.15) is 0 Å². The maximum atomic E-state index is 10.6. The normalized spacial score (nSPS) is 12.0. The lowest BCUT2D eigenvalue weighted by Crippen LogP contribution is -2.15. The fourth-order valence-corrected chi connectivity index (χ4v) is 2.77. The highest BCUT2D eigenvalue weighted by molar-refractivity contribution is 7.51. The summed E-state index contributed by atoms with van der Waals surface area (Å²) in [5.74, 6) is 0. The first-order chi connectivity index (χ1) is 18.6. The number of ether oxygens (including phenoxy) is 11. The third kappa shape index (κ3) is 35.7. The molecule has 0 fully saturated rings. The van der Waals surface area contributed by atoms with Gasteiger partial charge >= 0.3 is 7.60 Å². The number of hydrogen-bond acceptors (Lipinski definition) is 12. The second-order valence-electron chi connectivity index (χ2n) is 7.50. The molecule has 0 atom stereocenters. The van der Waals surface area contributed by atoms with Crippen molar-refractivity contribution in [1.29, 1.82) is 0 Å². The summed E-state index contributed by atoms with van der Waals surface area (Å²) in [4.78, 5) is 17.4. The summed E-state index contributed by atoms with van der Waals surface area (Å²) in [6.07, 6.45) is -0.284. The molecule has 0 aliphatic carbocycles. The van der Waals surface area contributed by atoms with Crippen molar-refractivity contribution in [2.24, 2.45) is 0 Å². The van der Waals surface area contributed by atoms with Gasteiger partial charge in [0.15, 0.2) is 0 Å². The van der Waals surface area contributed by atoms with E-state index < -0.39 is 7.60 Å². The van der Waals surface area contributed by atoms with Crippen LogP contribution in [0, 0.1) is 0 Å². The van der Waals surface area contributed by atoms with Gasteiger partial charge in [-0.05, 0) is 0 Å². The fraction of sp³-hybridized carbons (Fsp3) is 1.00.